The molecule has 0 bridgehead atoms. The number of hydrogen-bond donors (Lipinski definition) is 1. The van der Waals surface area contributed by atoms with E-state index < -0.39 is 17.5 Å². The first-order valence-corrected chi connectivity index (χ1v) is 6.33. The fraction of sp³-hybridized carbons (Fsp3) is 0.200. The van der Waals surface area contributed by atoms with Crippen molar-refractivity contribution in [2.45, 2.75) is 13.8 Å². The number of rotatable bonds is 3. The van der Waals surface area contributed by atoms with Crippen molar-refractivity contribution in [2.75, 3.05) is 5.32 Å². The maximum Gasteiger partial charge on any atom is 0.248 e. The lowest BCUT2D eigenvalue weighted by Gasteiger charge is -2.02. The number of carbonyl (C=O) groups excluding carboxylic acids is 1. The molecule has 1 amide bonds. The van der Waals surface area contributed by atoms with Crippen molar-refractivity contribution in [1.29, 1.82) is 0 Å². The van der Waals surface area contributed by atoms with Crippen LogP contribution in [0.4, 0.5) is 14.5 Å². The Hall–Kier alpha value is -2.50. The highest BCUT2D eigenvalue weighted by Gasteiger charge is 2.07. The number of carbonyl (C=O) groups is 1. The van der Waals surface area contributed by atoms with Gasteiger partial charge in [-0.05, 0) is 32.1 Å². The summed E-state index contributed by atoms with van der Waals surface area (Å²) in [5.74, 6) is -2.38. The molecule has 2 rings (SSSR count). The van der Waals surface area contributed by atoms with Crippen molar-refractivity contribution in [3.05, 3.63) is 52.9 Å². The summed E-state index contributed by atoms with van der Waals surface area (Å²) >= 11 is 0. The lowest BCUT2D eigenvalue weighted by Crippen LogP contribution is -2.08. The molecule has 6 heteroatoms. The maximum atomic E-state index is 13.0. The lowest BCUT2D eigenvalue weighted by molar-refractivity contribution is -0.111. The highest BCUT2D eigenvalue weighted by atomic mass is 19.2. The zero-order valence-electron chi connectivity index (χ0n) is 11.9. The van der Waals surface area contributed by atoms with Crippen LogP contribution in [0.1, 0.15) is 17.0 Å². The Kier molecular flexibility index (Phi) is 4.16. The first kappa shape index (κ1) is 14.9. The van der Waals surface area contributed by atoms with Crippen LogP contribution in [-0.4, -0.2) is 15.7 Å². The first-order chi connectivity index (χ1) is 9.88. The highest BCUT2D eigenvalue weighted by molar-refractivity contribution is 6.02. The summed E-state index contributed by atoms with van der Waals surface area (Å²) in [7, 11) is 1.82. The van der Waals surface area contributed by atoms with E-state index in [0.717, 1.165) is 29.1 Å². The van der Waals surface area contributed by atoms with E-state index in [1.165, 1.54) is 12.1 Å². The normalized spacial score (nSPS) is 11.1. The molecule has 110 valence electrons. The zero-order valence-corrected chi connectivity index (χ0v) is 11.9. The number of hydrogen-bond acceptors (Lipinski definition) is 2. The van der Waals surface area contributed by atoms with Gasteiger partial charge in [-0.25, -0.2) is 8.78 Å². The van der Waals surface area contributed by atoms with Gasteiger partial charge in [0.2, 0.25) is 5.91 Å². The van der Waals surface area contributed by atoms with Crippen molar-refractivity contribution in [3.63, 3.8) is 0 Å². The van der Waals surface area contributed by atoms with Gasteiger partial charge in [-0.2, -0.15) is 5.10 Å². The van der Waals surface area contributed by atoms with Gasteiger partial charge in [0.15, 0.2) is 11.6 Å². The number of halogens is 2. The molecule has 2 aromatic rings. The molecule has 0 aliphatic carbocycles. The first-order valence-electron chi connectivity index (χ1n) is 6.33. The van der Waals surface area contributed by atoms with Gasteiger partial charge in [0.05, 0.1) is 5.69 Å². The molecule has 1 aromatic heterocycles. The number of aromatic nitrogens is 2. The summed E-state index contributed by atoms with van der Waals surface area (Å²) < 4.78 is 27.5. The Morgan fingerprint density at radius 1 is 1.29 bits per heavy atom. The van der Waals surface area contributed by atoms with Gasteiger partial charge in [0.25, 0.3) is 0 Å². The molecule has 0 aliphatic heterocycles. The zero-order chi connectivity index (χ0) is 15.6. The van der Waals surface area contributed by atoms with Crippen molar-refractivity contribution in [3.8, 4) is 0 Å². The minimum atomic E-state index is -1.00. The van der Waals surface area contributed by atoms with Crippen molar-refractivity contribution < 1.29 is 13.6 Å². The molecule has 1 N–H and O–H groups in total. The van der Waals surface area contributed by atoms with Crippen LogP contribution in [0.3, 0.4) is 0 Å². The molecule has 0 saturated heterocycles. The Bertz CT molecular complexity index is 720. The van der Waals surface area contributed by atoms with Crippen LogP contribution in [0.5, 0.6) is 0 Å². The predicted octanol–water partition coefficient (Wildman–Crippen LogP) is 2.97. The maximum absolute atomic E-state index is 13.0. The molecule has 1 heterocycles. The lowest BCUT2D eigenvalue weighted by atomic mass is 10.2. The highest BCUT2D eigenvalue weighted by Crippen LogP contribution is 2.15. The Morgan fingerprint density at radius 2 is 2.00 bits per heavy atom. The number of nitrogens with zero attached hydrogens (tertiary/aromatic N) is 2. The van der Waals surface area contributed by atoms with E-state index in [2.05, 4.69) is 10.4 Å². The standard InChI is InChI=1S/C15H15F2N3O/c1-9-12(10(2)20(3)19-9)5-7-15(21)18-11-4-6-13(16)14(17)8-11/h4-8H,1-3H3,(H,18,21). The molecule has 0 saturated carbocycles. The minimum Gasteiger partial charge on any atom is -0.322 e. The van der Waals surface area contributed by atoms with Crippen LogP contribution in [-0.2, 0) is 11.8 Å². The van der Waals surface area contributed by atoms with Gasteiger partial charge in [-0.3, -0.25) is 9.48 Å². The number of benzene rings is 1. The quantitative estimate of drug-likeness (QED) is 0.884. The topological polar surface area (TPSA) is 46.9 Å². The molecule has 0 fully saturated rings. The average Bonchev–Trinajstić information content (AvgIpc) is 2.66. The Morgan fingerprint density at radius 3 is 2.57 bits per heavy atom. The molecule has 1 aromatic carbocycles. The van der Waals surface area contributed by atoms with E-state index in [4.69, 9.17) is 0 Å². The van der Waals surface area contributed by atoms with Gasteiger partial charge in [0.1, 0.15) is 0 Å². The summed E-state index contributed by atoms with van der Waals surface area (Å²) in [6, 6.07) is 3.19. The molecule has 21 heavy (non-hydrogen) atoms. The second-order valence-electron chi connectivity index (χ2n) is 4.66. The summed E-state index contributed by atoms with van der Waals surface area (Å²) in [6.45, 7) is 3.74. The van der Waals surface area contributed by atoms with Crippen LogP contribution in [0.25, 0.3) is 6.08 Å². The van der Waals surface area contributed by atoms with Crippen molar-refractivity contribution in [2.24, 2.45) is 7.05 Å². The fourth-order valence-corrected chi connectivity index (χ4v) is 1.95. The van der Waals surface area contributed by atoms with E-state index in [9.17, 15) is 13.6 Å². The third-order valence-corrected chi connectivity index (χ3v) is 3.15. The van der Waals surface area contributed by atoms with E-state index in [0.29, 0.717) is 0 Å². The Labute approximate surface area is 121 Å². The average molecular weight is 291 g/mol. The van der Waals surface area contributed by atoms with Gasteiger partial charge < -0.3 is 5.32 Å². The second kappa shape index (κ2) is 5.87. The predicted molar refractivity (Wildman–Crippen MR) is 76.7 cm³/mol. The molecular weight excluding hydrogens is 276 g/mol. The third-order valence-electron chi connectivity index (χ3n) is 3.15. The Balaban J connectivity index is 2.11. The molecule has 4 nitrogen and oxygen atoms in total. The van der Waals surface area contributed by atoms with Gasteiger partial charge in [-0.1, -0.05) is 0 Å². The third kappa shape index (κ3) is 3.34. The number of nitrogens with one attached hydrogen (secondary N) is 1. The molecule has 0 unspecified atom stereocenters. The number of aryl methyl sites for hydroxylation is 2. The van der Waals surface area contributed by atoms with Crippen LogP contribution < -0.4 is 5.32 Å². The van der Waals surface area contributed by atoms with Gasteiger partial charge in [-0.15, -0.1) is 0 Å². The van der Waals surface area contributed by atoms with E-state index in [-0.39, 0.29) is 5.69 Å². The van der Waals surface area contributed by atoms with Crippen LogP contribution >= 0.6 is 0 Å². The molecule has 0 aliphatic rings. The number of anilines is 1. The van der Waals surface area contributed by atoms with E-state index >= 15 is 0 Å². The van der Waals surface area contributed by atoms with Crippen molar-refractivity contribution >= 4 is 17.7 Å². The van der Waals surface area contributed by atoms with E-state index in [1.807, 2.05) is 20.9 Å². The van der Waals surface area contributed by atoms with Gasteiger partial charge in [0, 0.05) is 36.1 Å². The summed E-state index contributed by atoms with van der Waals surface area (Å²) in [6.07, 6.45) is 2.98. The molecule has 0 radical (unpaired) electrons. The fourth-order valence-electron chi connectivity index (χ4n) is 1.95. The van der Waals surface area contributed by atoms with Crippen LogP contribution in [0.2, 0.25) is 0 Å². The SMILES string of the molecule is Cc1nn(C)c(C)c1C=CC(=O)Nc1ccc(F)c(F)c1. The summed E-state index contributed by atoms with van der Waals surface area (Å²) in [4.78, 5) is 11.8. The largest absolute Gasteiger partial charge is 0.322 e. The smallest absolute Gasteiger partial charge is 0.248 e. The number of amides is 1. The molecule has 0 atom stereocenters. The summed E-state index contributed by atoms with van der Waals surface area (Å²) in [5, 5.41) is 6.70. The van der Waals surface area contributed by atoms with Crippen molar-refractivity contribution in [1.82, 2.24) is 9.78 Å². The second-order valence-corrected chi connectivity index (χ2v) is 4.66. The minimum absolute atomic E-state index is 0.197. The van der Waals surface area contributed by atoms with E-state index in [1.54, 1.807) is 10.8 Å². The van der Waals surface area contributed by atoms with Crippen LogP contribution in [0, 0.1) is 25.5 Å². The molecule has 0 spiro atoms. The van der Waals surface area contributed by atoms with Gasteiger partial charge >= 0.3 is 0 Å². The summed E-state index contributed by atoms with van der Waals surface area (Å²) in [5.41, 5.74) is 2.80. The van der Waals surface area contributed by atoms with Crippen LogP contribution in [0.15, 0.2) is 24.3 Å². The monoisotopic (exact) mass is 291 g/mol. The molecular formula is C15H15F2N3O.